The molecule has 0 aliphatic heterocycles. The molecular formula is C42H46N6O6. The van der Waals surface area contributed by atoms with E-state index in [4.69, 9.17) is 0 Å². The normalized spacial score (nSPS) is 21.4. The maximum Gasteiger partial charge on any atom is 0.323 e. The third-order valence-electron chi connectivity index (χ3n) is 12.0. The Kier molecular flexibility index (Phi) is 9.01. The summed E-state index contributed by atoms with van der Waals surface area (Å²) >= 11 is 0. The first kappa shape index (κ1) is 35.8. The number of carboxylic acid groups (broad SMARTS) is 2. The number of allylic oxidation sites excluding steroid dienone is 2. The number of aryl methyl sites for hydroxylation is 1. The molecule has 0 bridgehead atoms. The number of nitrogens with one attached hydrogen (secondary N) is 4. The second-order valence-corrected chi connectivity index (χ2v) is 15.9. The van der Waals surface area contributed by atoms with E-state index < -0.39 is 46.4 Å². The number of benzene rings is 1. The fourth-order valence-corrected chi connectivity index (χ4v) is 7.69. The lowest BCUT2D eigenvalue weighted by Crippen LogP contribution is -2.64. The summed E-state index contributed by atoms with van der Waals surface area (Å²) in [4.78, 5) is 61.2. The zero-order valence-corrected chi connectivity index (χ0v) is 30.6. The Morgan fingerprint density at radius 3 is 1.67 bits per heavy atom. The van der Waals surface area contributed by atoms with E-state index in [-0.39, 0.29) is 23.2 Å². The first-order valence-corrected chi connectivity index (χ1v) is 19.0. The van der Waals surface area contributed by atoms with Crippen LogP contribution in [0.3, 0.4) is 0 Å². The molecule has 280 valence electrons. The monoisotopic (exact) mass is 730 g/mol. The Morgan fingerprint density at radius 1 is 0.759 bits per heavy atom. The minimum absolute atomic E-state index is 0.210. The summed E-state index contributed by atoms with van der Waals surface area (Å²) in [6, 6.07) is 11.6. The van der Waals surface area contributed by atoms with Gasteiger partial charge in [0.25, 0.3) is 11.8 Å². The van der Waals surface area contributed by atoms with Gasteiger partial charge in [-0.3, -0.25) is 39.8 Å². The van der Waals surface area contributed by atoms with Crippen molar-refractivity contribution in [1.82, 2.24) is 31.2 Å². The van der Waals surface area contributed by atoms with Crippen LogP contribution in [-0.2, 0) is 22.7 Å². The number of aliphatic carboxylic acids is 2. The van der Waals surface area contributed by atoms with Gasteiger partial charge in [0.05, 0.1) is 0 Å². The molecule has 0 spiro atoms. The van der Waals surface area contributed by atoms with E-state index >= 15 is 0 Å². The van der Waals surface area contributed by atoms with Crippen molar-refractivity contribution in [3.8, 4) is 0 Å². The van der Waals surface area contributed by atoms with Gasteiger partial charge in [0.1, 0.15) is 28.1 Å². The van der Waals surface area contributed by atoms with Gasteiger partial charge in [0.15, 0.2) is 0 Å². The first-order chi connectivity index (χ1) is 25.9. The van der Waals surface area contributed by atoms with Crippen LogP contribution < -0.4 is 21.3 Å². The van der Waals surface area contributed by atoms with Crippen molar-refractivity contribution in [2.24, 2.45) is 5.92 Å². The predicted octanol–water partition coefficient (Wildman–Crippen LogP) is 5.10. The van der Waals surface area contributed by atoms with Gasteiger partial charge in [-0.2, -0.15) is 0 Å². The zero-order valence-electron chi connectivity index (χ0n) is 30.6. The molecule has 6 N–H and O–H groups in total. The summed E-state index contributed by atoms with van der Waals surface area (Å²) in [5.41, 5.74) is 4.02. The standard InChI is InChI=1S/C42H46N6O6/c1-24-6-3-4-7-30(24)31-8-5-13-42(25(31)2,47-36(49)34-18-32(26-9-10-26)28(20-43-34)22-45-40(14-15-40)38(51)52)48-37(50)35-19-33(27-11-12-27)29(21-44-35)23-46-41(16-17-41)39(53)54/h3-8,13,18-21,25-27,45-46H,9-12,14-17,22-23H2,1-2H3,(H,47,49)(H,48,50)(H,51,52)(H,53,54). The molecule has 0 saturated heterocycles. The number of nitrogens with zero attached hydrogens (tertiary/aromatic N) is 2. The number of pyridine rings is 2. The minimum atomic E-state index is -1.36. The van der Waals surface area contributed by atoms with Crippen LogP contribution >= 0.6 is 0 Å². The number of aromatic nitrogens is 2. The van der Waals surface area contributed by atoms with E-state index in [1.807, 2.05) is 62.4 Å². The molecule has 1 atom stereocenters. The number of carbonyl (C=O) groups excluding carboxylic acids is 2. The lowest BCUT2D eigenvalue weighted by atomic mass is 9.78. The number of hydrogen-bond acceptors (Lipinski definition) is 8. The lowest BCUT2D eigenvalue weighted by Gasteiger charge is -2.41. The molecule has 2 heterocycles. The first-order valence-electron chi connectivity index (χ1n) is 19.0. The van der Waals surface area contributed by atoms with E-state index in [0.29, 0.717) is 38.8 Å². The summed E-state index contributed by atoms with van der Waals surface area (Å²) < 4.78 is 0. The maximum atomic E-state index is 14.3. The third kappa shape index (κ3) is 6.96. The van der Waals surface area contributed by atoms with Gasteiger partial charge in [0, 0.05) is 31.4 Å². The number of rotatable bonds is 15. The van der Waals surface area contributed by atoms with Gasteiger partial charge < -0.3 is 20.8 Å². The van der Waals surface area contributed by atoms with Crippen molar-refractivity contribution in [2.75, 3.05) is 0 Å². The predicted molar refractivity (Wildman–Crippen MR) is 200 cm³/mol. The highest BCUT2D eigenvalue weighted by atomic mass is 16.4. The molecular weight excluding hydrogens is 684 g/mol. The van der Waals surface area contributed by atoms with E-state index in [2.05, 4.69) is 31.2 Å². The summed E-state index contributed by atoms with van der Waals surface area (Å²) in [5.74, 6) is -2.47. The molecule has 5 aliphatic carbocycles. The summed E-state index contributed by atoms with van der Waals surface area (Å²) in [7, 11) is 0. The van der Waals surface area contributed by atoms with E-state index in [9.17, 15) is 29.4 Å². The van der Waals surface area contributed by atoms with E-state index in [0.717, 1.165) is 64.6 Å². The van der Waals surface area contributed by atoms with E-state index in [1.165, 1.54) is 0 Å². The van der Waals surface area contributed by atoms with Crippen molar-refractivity contribution >= 4 is 29.3 Å². The molecule has 1 aromatic carbocycles. The van der Waals surface area contributed by atoms with Gasteiger partial charge >= 0.3 is 11.9 Å². The largest absolute Gasteiger partial charge is 0.480 e. The van der Waals surface area contributed by atoms with Crippen LogP contribution in [-0.4, -0.2) is 60.7 Å². The number of hydrogen-bond donors (Lipinski definition) is 6. The smallest absolute Gasteiger partial charge is 0.323 e. The highest BCUT2D eigenvalue weighted by Gasteiger charge is 2.51. The van der Waals surface area contributed by atoms with Gasteiger partial charge in [-0.25, -0.2) is 0 Å². The lowest BCUT2D eigenvalue weighted by molar-refractivity contribution is -0.141. The Balaban J connectivity index is 1.08. The van der Waals surface area contributed by atoms with Crippen LogP contribution in [0.15, 0.2) is 67.0 Å². The molecule has 3 aromatic rings. The van der Waals surface area contributed by atoms with Gasteiger partial charge in [-0.05, 0) is 127 Å². The molecule has 2 aromatic heterocycles. The van der Waals surface area contributed by atoms with Crippen LogP contribution in [0.25, 0.3) is 5.57 Å². The third-order valence-corrected chi connectivity index (χ3v) is 12.0. The van der Waals surface area contributed by atoms with Crippen LogP contribution in [0.4, 0.5) is 0 Å². The summed E-state index contributed by atoms with van der Waals surface area (Å²) in [5, 5.41) is 32.1. The topological polar surface area (TPSA) is 183 Å². The molecule has 0 radical (unpaired) electrons. The fourth-order valence-electron chi connectivity index (χ4n) is 7.69. The molecule has 1 unspecified atom stereocenters. The van der Waals surface area contributed by atoms with Crippen LogP contribution in [0.5, 0.6) is 0 Å². The number of amides is 2. The van der Waals surface area contributed by atoms with Crippen LogP contribution in [0.1, 0.15) is 124 Å². The van der Waals surface area contributed by atoms with E-state index in [1.54, 1.807) is 18.5 Å². The van der Waals surface area contributed by atoms with Crippen molar-refractivity contribution in [1.29, 1.82) is 0 Å². The molecule has 4 fully saturated rings. The molecule has 8 rings (SSSR count). The van der Waals surface area contributed by atoms with Crippen molar-refractivity contribution in [2.45, 2.75) is 107 Å². The molecule has 12 heteroatoms. The highest BCUT2D eigenvalue weighted by Crippen LogP contribution is 2.44. The zero-order chi connectivity index (χ0) is 37.8. The number of carbonyl (C=O) groups is 4. The quantitative estimate of drug-likeness (QED) is 0.115. The molecule has 12 nitrogen and oxygen atoms in total. The SMILES string of the molecule is Cc1ccccc1C1=CC=CC(NC(=O)c2cc(C3CC3)c(CNC3(C(=O)O)CC3)cn2)(NC(=O)c2cc(C3CC3)c(CNC3(C(=O)O)CC3)cn2)C1C. The second-order valence-electron chi connectivity index (χ2n) is 15.9. The Morgan fingerprint density at radius 2 is 1.24 bits per heavy atom. The maximum absolute atomic E-state index is 14.3. The Labute approximate surface area is 313 Å². The highest BCUT2D eigenvalue weighted by molar-refractivity contribution is 5.97. The minimum Gasteiger partial charge on any atom is -0.480 e. The Bertz CT molecular complexity index is 2000. The summed E-state index contributed by atoms with van der Waals surface area (Å²) in [6.07, 6.45) is 15.3. The average molecular weight is 731 g/mol. The van der Waals surface area contributed by atoms with Crippen molar-refractivity contribution in [3.63, 3.8) is 0 Å². The van der Waals surface area contributed by atoms with Gasteiger partial charge in [0.2, 0.25) is 0 Å². The molecule has 2 amide bonds. The molecule has 4 saturated carbocycles. The van der Waals surface area contributed by atoms with Crippen LogP contribution in [0, 0.1) is 12.8 Å². The van der Waals surface area contributed by atoms with Gasteiger partial charge in [-0.1, -0.05) is 43.3 Å². The average Bonchev–Trinajstić information content (AvgIpc) is 3.97. The number of carboxylic acids is 2. The van der Waals surface area contributed by atoms with Crippen LogP contribution in [0.2, 0.25) is 0 Å². The Hall–Kier alpha value is -5.20. The van der Waals surface area contributed by atoms with Crippen molar-refractivity contribution < 1.29 is 29.4 Å². The van der Waals surface area contributed by atoms with Crippen molar-refractivity contribution in [3.05, 3.63) is 112 Å². The fraction of sp³-hybridized carbons (Fsp3) is 0.429. The second kappa shape index (κ2) is 13.6. The summed E-state index contributed by atoms with van der Waals surface area (Å²) in [6.45, 7) is 4.71. The molecule has 5 aliphatic rings. The van der Waals surface area contributed by atoms with Gasteiger partial charge in [-0.15, -0.1) is 0 Å². The molecule has 54 heavy (non-hydrogen) atoms.